The van der Waals surface area contributed by atoms with Gasteiger partial charge in [-0.2, -0.15) is 0 Å². The van der Waals surface area contributed by atoms with E-state index in [4.69, 9.17) is 0 Å². The molecule has 1 aliphatic heterocycles. The van der Waals surface area contributed by atoms with E-state index >= 15 is 0 Å². The largest absolute Gasteiger partial charge is 0.352 e. The number of benzene rings is 5. The number of aromatic nitrogens is 8. The first-order valence-electron chi connectivity index (χ1n) is 34.7. The second kappa shape index (κ2) is 29.9. The van der Waals surface area contributed by atoms with Crippen molar-refractivity contribution in [2.45, 2.75) is 96.7 Å². The number of carbonyl (C=O) groups excluding carboxylic acids is 3. The van der Waals surface area contributed by atoms with Crippen molar-refractivity contribution in [2.24, 2.45) is 11.8 Å². The van der Waals surface area contributed by atoms with Crippen LogP contribution in [0.15, 0.2) is 241 Å². The van der Waals surface area contributed by atoms with Crippen LogP contribution >= 0.6 is 0 Å². The Morgan fingerprint density at radius 3 is 1.50 bits per heavy atom. The third kappa shape index (κ3) is 15.1. The second-order valence-electron chi connectivity index (χ2n) is 26.7. The van der Waals surface area contributed by atoms with Crippen molar-refractivity contribution >= 4 is 68.8 Å². The van der Waals surface area contributed by atoms with Crippen LogP contribution in [0.25, 0.3) is 50.7 Å². The van der Waals surface area contributed by atoms with Gasteiger partial charge in [-0.15, -0.1) is 0 Å². The van der Waals surface area contributed by atoms with Crippen LogP contribution in [0.3, 0.4) is 0 Å². The third-order valence-corrected chi connectivity index (χ3v) is 19.6. The van der Waals surface area contributed by atoms with Crippen LogP contribution in [-0.4, -0.2) is 73.8 Å². The molecule has 0 spiro atoms. The fraction of sp³-hybridized carbons (Fsp3) is 0.220. The predicted octanol–water partition coefficient (Wildman–Crippen LogP) is 16.1. The Morgan fingerprint density at radius 2 is 1.01 bits per heavy atom. The number of rotatable bonds is 16. The molecule has 9 heterocycles. The number of imidazole rings is 3. The number of carbonyl (C=O) groups is 3. The Bertz CT molecular complexity index is 5210. The molecule has 16 rings (SSSR count). The van der Waals surface area contributed by atoms with Crippen LogP contribution in [0.2, 0.25) is 0 Å². The average molecular weight is 1340 g/mol. The first-order chi connectivity index (χ1) is 49.3. The molecule has 0 saturated heterocycles. The minimum absolute atomic E-state index is 0.00753. The number of nitrogens with one attached hydrogen (secondary N) is 7. The van der Waals surface area contributed by atoms with Gasteiger partial charge >= 0.3 is 0 Å². The van der Waals surface area contributed by atoms with Gasteiger partial charge in [0.2, 0.25) is 11.1 Å². The molecular weight excluding hydrogens is 1260 g/mol. The van der Waals surface area contributed by atoms with E-state index in [0.717, 1.165) is 126 Å². The van der Waals surface area contributed by atoms with Gasteiger partial charge in [0, 0.05) is 133 Å². The molecule has 7 N–H and O–H groups in total. The van der Waals surface area contributed by atoms with Crippen molar-refractivity contribution in [3.63, 3.8) is 0 Å². The summed E-state index contributed by atoms with van der Waals surface area (Å²) in [6.07, 6.45) is 25.4. The Labute approximate surface area is 584 Å². The summed E-state index contributed by atoms with van der Waals surface area (Å²) in [5.41, 5.74) is 18.6. The summed E-state index contributed by atoms with van der Waals surface area (Å²) in [5, 5.41) is 16.4. The summed E-state index contributed by atoms with van der Waals surface area (Å²) in [6.45, 7) is 5.86. The topological polar surface area (TPSA) is 232 Å². The predicted molar refractivity (Wildman–Crippen MR) is 400 cm³/mol. The van der Waals surface area contributed by atoms with Crippen molar-refractivity contribution in [1.82, 2.24) is 53.7 Å². The first-order valence-corrected chi connectivity index (χ1v) is 34.7. The summed E-state index contributed by atoms with van der Waals surface area (Å²) < 4.78 is 5.99. The van der Waals surface area contributed by atoms with Crippen LogP contribution in [-0.2, 0) is 13.1 Å². The zero-order chi connectivity index (χ0) is 69.3. The SMILES string of the molecule is CC(C)C1CCC(c2ccc(Nc3ccc(-c4ccc5c(c4)CNC5=O)n4ccnc34)cc2)CC1.CN(Cc1ccccc1)C(=O)c1ccc(Nc2ccc(-c3cc[nH]c(=O)c3)n3ccnc23)cc1.O=C(NC1CCCCC1)c1ccc(Nc2ccc(-c3cc[nH]c(=O)c3)n3ccnc23)cc1. The molecular formula is C82H80N14O5. The standard InChI is InChI=1S/C30H32N4O.C27H23N5O2.C25H25N5O2/c1-19(2)20-3-5-21(6-4-20)22-7-10-25(11-8-22)33-27-13-14-28(34-16-15-31-29(27)34)23-9-12-26-24(17-23)18-32-30(26)35;1-31(18-19-5-3-2-4-6-19)27(34)20-7-9-22(10-8-20)30-23-11-12-24(32-16-15-29-26(23)32)21-13-14-28-25(33)17-21;31-23-16-18(12-13-26-23)22-11-10-21(24-27-14-15-30(22)24)28-20-8-6-17(7-9-20)25(32)29-19-4-2-1-3-5-19/h7-17,19-21,33H,3-6,18H2,1-2H3,(H,32,35);2-17,30H,18H2,1H3,(H,28,33);6-16,19,28H,1-5H2,(H,26,31)(H,29,32). The number of amides is 3. The van der Waals surface area contributed by atoms with E-state index in [0.29, 0.717) is 36.2 Å². The van der Waals surface area contributed by atoms with Crippen molar-refractivity contribution in [3.8, 4) is 33.8 Å². The molecule has 19 heteroatoms. The van der Waals surface area contributed by atoms with Crippen molar-refractivity contribution in [2.75, 3.05) is 23.0 Å². The molecule has 8 aromatic heterocycles. The summed E-state index contributed by atoms with van der Waals surface area (Å²) >= 11 is 0. The van der Waals surface area contributed by atoms with E-state index in [9.17, 15) is 24.0 Å². The number of aromatic amines is 2. The van der Waals surface area contributed by atoms with Crippen LogP contribution < -0.4 is 37.7 Å². The lowest BCUT2D eigenvalue weighted by atomic mass is 9.75. The fourth-order valence-electron chi connectivity index (χ4n) is 14.1. The highest BCUT2D eigenvalue weighted by Crippen LogP contribution is 2.40. The molecule has 13 aromatic rings. The van der Waals surface area contributed by atoms with Gasteiger partial charge in [-0.1, -0.05) is 81.6 Å². The molecule has 2 saturated carbocycles. The molecule has 0 unspecified atom stereocenters. The summed E-state index contributed by atoms with van der Waals surface area (Å²) in [7, 11) is 1.80. The highest BCUT2D eigenvalue weighted by molar-refractivity contribution is 5.99. The highest BCUT2D eigenvalue weighted by Gasteiger charge is 2.25. The number of pyridine rings is 5. The number of hydrogen-bond acceptors (Lipinski definition) is 11. The van der Waals surface area contributed by atoms with Gasteiger partial charge in [-0.05, 0) is 200 Å². The lowest BCUT2D eigenvalue weighted by Gasteiger charge is -2.31. The lowest BCUT2D eigenvalue weighted by molar-refractivity contribution is 0.0784. The zero-order valence-electron chi connectivity index (χ0n) is 56.7. The third-order valence-electron chi connectivity index (χ3n) is 19.6. The minimum Gasteiger partial charge on any atom is -0.352 e. The number of hydrogen-bond donors (Lipinski definition) is 7. The smallest absolute Gasteiger partial charge is 0.253 e. The normalized spacial score (nSPS) is 15.0. The molecule has 0 atom stereocenters. The molecule has 0 radical (unpaired) electrons. The van der Waals surface area contributed by atoms with Gasteiger partial charge in [0.15, 0.2) is 16.9 Å². The number of nitrogens with zero attached hydrogens (tertiary/aromatic N) is 7. The molecule has 101 heavy (non-hydrogen) atoms. The second-order valence-corrected chi connectivity index (χ2v) is 26.7. The van der Waals surface area contributed by atoms with Gasteiger partial charge in [0.1, 0.15) is 0 Å². The molecule has 3 aliphatic rings. The van der Waals surface area contributed by atoms with E-state index in [2.05, 4.69) is 112 Å². The van der Waals surface area contributed by atoms with Crippen molar-refractivity contribution < 1.29 is 14.4 Å². The Hall–Kier alpha value is -12.1. The van der Waals surface area contributed by atoms with Gasteiger partial charge < -0.3 is 41.5 Å². The fourth-order valence-corrected chi connectivity index (χ4v) is 14.1. The Kier molecular flexibility index (Phi) is 19.6. The first kappa shape index (κ1) is 66.1. The van der Waals surface area contributed by atoms with Crippen LogP contribution in [0.4, 0.5) is 34.1 Å². The molecule has 2 aliphatic carbocycles. The lowest BCUT2D eigenvalue weighted by Crippen LogP contribution is -2.36. The average Bonchev–Trinajstić information content (AvgIpc) is 1.72. The van der Waals surface area contributed by atoms with Gasteiger partial charge in [0.25, 0.3) is 17.7 Å². The van der Waals surface area contributed by atoms with Crippen LogP contribution in [0.5, 0.6) is 0 Å². The Balaban J connectivity index is 0.000000129. The van der Waals surface area contributed by atoms with Gasteiger partial charge in [0.05, 0.1) is 34.1 Å². The zero-order valence-corrected chi connectivity index (χ0v) is 56.7. The van der Waals surface area contributed by atoms with E-state index in [1.165, 1.54) is 50.5 Å². The number of anilines is 6. The number of H-pyrrole nitrogens is 2. The maximum Gasteiger partial charge on any atom is 0.253 e. The van der Waals surface area contributed by atoms with Gasteiger partial charge in [-0.3, -0.25) is 37.2 Å². The van der Waals surface area contributed by atoms with E-state index in [1.807, 2.05) is 161 Å². The number of fused-ring (bicyclic) bond motifs is 4. The van der Waals surface area contributed by atoms with Crippen LogP contribution in [0, 0.1) is 11.8 Å². The van der Waals surface area contributed by atoms with Crippen molar-refractivity contribution in [1.29, 1.82) is 0 Å². The van der Waals surface area contributed by atoms with E-state index in [1.54, 1.807) is 48.9 Å². The van der Waals surface area contributed by atoms with Gasteiger partial charge in [-0.25, -0.2) is 15.0 Å². The van der Waals surface area contributed by atoms with Crippen molar-refractivity contribution in [3.05, 3.63) is 286 Å². The van der Waals surface area contributed by atoms with E-state index < -0.39 is 0 Å². The monoisotopic (exact) mass is 1340 g/mol. The molecule has 19 nitrogen and oxygen atoms in total. The maximum absolute atomic E-state index is 12.8. The summed E-state index contributed by atoms with van der Waals surface area (Å²) in [4.78, 5) is 81.3. The highest BCUT2D eigenvalue weighted by atomic mass is 16.2. The Morgan fingerprint density at radius 1 is 0.525 bits per heavy atom. The maximum atomic E-state index is 12.8. The van der Waals surface area contributed by atoms with E-state index in [-0.39, 0.29) is 28.8 Å². The minimum atomic E-state index is -0.156. The molecule has 5 aromatic carbocycles. The summed E-state index contributed by atoms with van der Waals surface area (Å²) in [5.74, 6) is 2.35. The molecule has 3 amide bonds. The molecule has 0 bridgehead atoms. The molecule has 508 valence electrons. The molecule has 2 fully saturated rings. The summed E-state index contributed by atoms with van der Waals surface area (Å²) in [6, 6.07) is 58.9. The van der Waals surface area contributed by atoms with Crippen LogP contribution in [0.1, 0.15) is 125 Å². The quantitative estimate of drug-likeness (QED) is 0.0481.